The maximum atomic E-state index is 12.0. The molecule has 0 spiro atoms. The molecule has 0 heterocycles. The summed E-state index contributed by atoms with van der Waals surface area (Å²) >= 11 is 5.93. The second-order valence-corrected chi connectivity index (χ2v) is 8.03. The molecule has 7 heteroatoms. The van der Waals surface area contributed by atoms with Gasteiger partial charge in [-0.05, 0) is 37.6 Å². The van der Waals surface area contributed by atoms with Crippen LogP contribution in [-0.2, 0) is 14.8 Å². The second-order valence-electron chi connectivity index (χ2n) is 5.36. The minimum Gasteiger partial charge on any atom is -0.326 e. The largest absolute Gasteiger partial charge is 0.326 e. The predicted molar refractivity (Wildman–Crippen MR) is 78.3 cm³/mol. The van der Waals surface area contributed by atoms with E-state index in [0.717, 1.165) is 4.31 Å². The first-order valence-electron chi connectivity index (χ1n) is 6.16. The van der Waals surface area contributed by atoms with Gasteiger partial charge in [0.05, 0.1) is 10.3 Å². The van der Waals surface area contributed by atoms with Crippen LogP contribution in [0.1, 0.15) is 13.3 Å². The fraction of sp³-hybridized carbons (Fsp3) is 0.462. The smallest absolute Gasteiger partial charge is 0.242 e. The number of benzene rings is 1. The number of hydrogen-bond donors (Lipinski definition) is 1. The van der Waals surface area contributed by atoms with Gasteiger partial charge in [-0.1, -0.05) is 0 Å². The van der Waals surface area contributed by atoms with Gasteiger partial charge in [-0.15, -0.1) is 11.6 Å². The summed E-state index contributed by atoms with van der Waals surface area (Å²) in [6, 6.07) is 6.09. The molecule has 1 amide bonds. The molecule has 110 valence electrons. The van der Waals surface area contributed by atoms with Crippen LogP contribution in [0.25, 0.3) is 0 Å². The summed E-state index contributed by atoms with van der Waals surface area (Å²) in [6.07, 6.45) is 0.660. The van der Waals surface area contributed by atoms with Crippen LogP contribution in [-0.4, -0.2) is 38.1 Å². The van der Waals surface area contributed by atoms with Gasteiger partial charge in [-0.2, -0.15) is 0 Å². The Morgan fingerprint density at radius 1 is 1.35 bits per heavy atom. The molecule has 1 aromatic rings. The van der Waals surface area contributed by atoms with E-state index in [0.29, 0.717) is 12.1 Å². The first-order valence-corrected chi connectivity index (χ1v) is 8.04. The van der Waals surface area contributed by atoms with Gasteiger partial charge in [0.2, 0.25) is 15.9 Å². The van der Waals surface area contributed by atoms with Crippen molar-refractivity contribution in [2.45, 2.75) is 23.6 Å². The molecule has 5 nitrogen and oxygen atoms in total. The second kappa shape index (κ2) is 5.02. The lowest BCUT2D eigenvalue weighted by Gasteiger charge is -2.13. The summed E-state index contributed by atoms with van der Waals surface area (Å²) < 4.78 is 24.9. The number of carbonyl (C=O) groups is 1. The highest BCUT2D eigenvalue weighted by Gasteiger charge is 2.55. The topological polar surface area (TPSA) is 66.5 Å². The van der Waals surface area contributed by atoms with Crippen molar-refractivity contribution in [2.24, 2.45) is 5.41 Å². The monoisotopic (exact) mass is 316 g/mol. The van der Waals surface area contributed by atoms with Crippen LogP contribution in [0, 0.1) is 5.41 Å². The number of nitrogens with one attached hydrogen (secondary N) is 1. The molecular weight excluding hydrogens is 300 g/mol. The van der Waals surface area contributed by atoms with E-state index in [9.17, 15) is 13.2 Å². The minimum absolute atomic E-state index is 0.129. The fourth-order valence-electron chi connectivity index (χ4n) is 1.74. The third-order valence-electron chi connectivity index (χ3n) is 3.54. The lowest BCUT2D eigenvalue weighted by atomic mass is 10.1. The zero-order valence-electron chi connectivity index (χ0n) is 11.6. The van der Waals surface area contributed by atoms with Gasteiger partial charge in [0, 0.05) is 25.2 Å². The van der Waals surface area contributed by atoms with Crippen molar-refractivity contribution in [3.05, 3.63) is 24.3 Å². The van der Waals surface area contributed by atoms with Gasteiger partial charge >= 0.3 is 0 Å². The summed E-state index contributed by atoms with van der Waals surface area (Å²) in [7, 11) is -0.504. The average molecular weight is 317 g/mol. The van der Waals surface area contributed by atoms with Crippen LogP contribution in [0.4, 0.5) is 5.69 Å². The number of anilines is 1. The Labute approximate surface area is 124 Å². The van der Waals surface area contributed by atoms with Crippen LogP contribution in [0.3, 0.4) is 0 Å². The molecule has 2 unspecified atom stereocenters. The van der Waals surface area contributed by atoms with Crippen LogP contribution in [0.5, 0.6) is 0 Å². The average Bonchev–Trinajstić information content (AvgIpc) is 2.99. The summed E-state index contributed by atoms with van der Waals surface area (Å²) in [5.41, 5.74) is 0.0420. The maximum absolute atomic E-state index is 12.0. The number of halogens is 1. The van der Waals surface area contributed by atoms with Crippen LogP contribution >= 0.6 is 11.6 Å². The molecule has 0 saturated heterocycles. The molecule has 0 aliphatic heterocycles. The van der Waals surface area contributed by atoms with Gasteiger partial charge in [0.25, 0.3) is 0 Å². The van der Waals surface area contributed by atoms with E-state index in [1.54, 1.807) is 12.1 Å². The molecule has 1 aliphatic rings. The number of nitrogens with zero attached hydrogens (tertiary/aromatic N) is 1. The van der Waals surface area contributed by atoms with Crippen molar-refractivity contribution >= 4 is 33.2 Å². The van der Waals surface area contributed by atoms with Crippen molar-refractivity contribution in [2.75, 3.05) is 19.4 Å². The molecule has 1 fully saturated rings. The highest BCUT2D eigenvalue weighted by Crippen LogP contribution is 2.50. The number of hydrogen-bond acceptors (Lipinski definition) is 3. The van der Waals surface area contributed by atoms with Gasteiger partial charge in [-0.3, -0.25) is 4.79 Å². The first-order chi connectivity index (χ1) is 9.18. The molecular formula is C13H17ClN2O3S. The SMILES string of the molecule is CN(C)S(=O)(=O)c1ccc(NC(=O)C2(C)CC2Cl)cc1. The molecule has 0 radical (unpaired) electrons. The molecule has 1 aromatic carbocycles. The Hall–Kier alpha value is -1.11. The van der Waals surface area contributed by atoms with Gasteiger partial charge in [0.1, 0.15) is 0 Å². The third kappa shape index (κ3) is 2.68. The van der Waals surface area contributed by atoms with E-state index < -0.39 is 15.4 Å². The van der Waals surface area contributed by atoms with Crippen LogP contribution < -0.4 is 5.32 Å². The van der Waals surface area contributed by atoms with Gasteiger partial charge < -0.3 is 5.32 Å². The lowest BCUT2D eigenvalue weighted by Crippen LogP contribution is -2.24. The quantitative estimate of drug-likeness (QED) is 0.863. The summed E-state index contributed by atoms with van der Waals surface area (Å²) in [5.74, 6) is -0.138. The van der Waals surface area contributed by atoms with E-state index in [1.807, 2.05) is 6.92 Å². The zero-order valence-corrected chi connectivity index (χ0v) is 13.1. The molecule has 1 aliphatic carbocycles. The maximum Gasteiger partial charge on any atom is 0.242 e. The highest BCUT2D eigenvalue weighted by atomic mass is 35.5. The van der Waals surface area contributed by atoms with Crippen molar-refractivity contribution in [1.82, 2.24) is 4.31 Å². The Balaban J connectivity index is 2.12. The molecule has 0 bridgehead atoms. The zero-order chi connectivity index (χ0) is 15.1. The Morgan fingerprint density at radius 3 is 2.25 bits per heavy atom. The Morgan fingerprint density at radius 2 is 1.85 bits per heavy atom. The van der Waals surface area contributed by atoms with Crippen LogP contribution in [0.15, 0.2) is 29.2 Å². The standard InChI is InChI=1S/C13H17ClN2O3S/c1-13(8-11(13)14)12(17)15-9-4-6-10(7-5-9)20(18,19)16(2)3/h4-7,11H,8H2,1-3H3,(H,15,17). The van der Waals surface area contributed by atoms with Gasteiger partial charge in [-0.25, -0.2) is 12.7 Å². The third-order valence-corrected chi connectivity index (χ3v) is 6.01. The predicted octanol–water partition coefficient (Wildman–Crippen LogP) is 1.89. The minimum atomic E-state index is -3.45. The lowest BCUT2D eigenvalue weighted by molar-refractivity contribution is -0.120. The molecule has 2 rings (SSSR count). The number of alkyl halides is 1. The fourth-order valence-corrected chi connectivity index (χ4v) is 3.06. The van der Waals surface area contributed by atoms with Crippen molar-refractivity contribution in [1.29, 1.82) is 0 Å². The van der Waals surface area contributed by atoms with Gasteiger partial charge in [0.15, 0.2) is 0 Å². The van der Waals surface area contributed by atoms with E-state index in [1.165, 1.54) is 26.2 Å². The first kappa shape index (κ1) is 15.3. The number of carbonyl (C=O) groups excluding carboxylic acids is 1. The van der Waals surface area contributed by atoms with Crippen LogP contribution in [0.2, 0.25) is 0 Å². The van der Waals surface area contributed by atoms with Crippen molar-refractivity contribution < 1.29 is 13.2 Å². The summed E-state index contributed by atoms with van der Waals surface area (Å²) in [4.78, 5) is 12.2. The van der Waals surface area contributed by atoms with E-state index in [-0.39, 0.29) is 16.2 Å². The van der Waals surface area contributed by atoms with E-state index >= 15 is 0 Å². The number of sulfonamides is 1. The van der Waals surface area contributed by atoms with E-state index in [4.69, 9.17) is 11.6 Å². The van der Waals surface area contributed by atoms with Crippen molar-refractivity contribution in [3.63, 3.8) is 0 Å². The molecule has 20 heavy (non-hydrogen) atoms. The normalized spacial score (nSPS) is 25.6. The number of rotatable bonds is 4. The number of amides is 1. The molecule has 0 aromatic heterocycles. The van der Waals surface area contributed by atoms with E-state index in [2.05, 4.69) is 5.32 Å². The Kier molecular flexibility index (Phi) is 3.83. The summed E-state index contributed by atoms with van der Waals surface area (Å²) in [6.45, 7) is 1.81. The summed E-state index contributed by atoms with van der Waals surface area (Å²) in [5, 5.41) is 2.62. The molecule has 1 saturated carbocycles. The Bertz CT molecular complexity index is 628. The molecule has 1 N–H and O–H groups in total. The highest BCUT2D eigenvalue weighted by molar-refractivity contribution is 7.89. The molecule has 2 atom stereocenters. The van der Waals surface area contributed by atoms with Crippen molar-refractivity contribution in [3.8, 4) is 0 Å².